The van der Waals surface area contributed by atoms with Gasteiger partial charge in [-0.05, 0) is 78.7 Å². The number of rotatable bonds is 6. The molecule has 1 aliphatic heterocycles. The number of benzene rings is 3. The molecule has 1 aliphatic carbocycles. The van der Waals surface area contributed by atoms with Crippen LogP contribution in [0.25, 0.3) is 0 Å². The first-order valence-corrected chi connectivity index (χ1v) is 11.9. The van der Waals surface area contributed by atoms with Crippen molar-refractivity contribution in [2.75, 3.05) is 4.90 Å². The normalized spacial score (nSPS) is 18.1. The summed E-state index contributed by atoms with van der Waals surface area (Å²) in [6, 6.07) is 16.7. The molecule has 39 heavy (non-hydrogen) atoms. The Labute approximate surface area is 222 Å². The topological polar surface area (TPSA) is 127 Å². The van der Waals surface area contributed by atoms with Crippen LogP contribution < -0.4 is 14.4 Å². The number of hydrogen-bond acceptors (Lipinski definition) is 8. The second-order valence-electron chi connectivity index (χ2n) is 8.95. The van der Waals surface area contributed by atoms with E-state index in [9.17, 15) is 29.1 Å². The minimum absolute atomic E-state index is 0.196. The molecule has 0 saturated carbocycles. The van der Waals surface area contributed by atoms with E-state index in [0.717, 1.165) is 4.90 Å². The Morgan fingerprint density at radius 3 is 1.92 bits per heavy atom. The van der Waals surface area contributed by atoms with Crippen LogP contribution in [0.1, 0.15) is 37.8 Å². The number of nitrogens with zero attached hydrogens (tertiary/aromatic N) is 1. The van der Waals surface area contributed by atoms with Crippen LogP contribution in [0.5, 0.6) is 11.5 Å². The second kappa shape index (κ2) is 10.3. The van der Waals surface area contributed by atoms with E-state index in [2.05, 4.69) is 0 Å². The van der Waals surface area contributed by atoms with Gasteiger partial charge in [0.15, 0.2) is 5.78 Å². The van der Waals surface area contributed by atoms with E-state index in [-0.39, 0.29) is 28.4 Å². The number of ether oxygens (including phenoxy) is 2. The summed E-state index contributed by atoms with van der Waals surface area (Å²) in [7, 11) is 0. The molecule has 3 aromatic carbocycles. The molecule has 0 bridgehead atoms. The van der Waals surface area contributed by atoms with E-state index >= 15 is 0 Å². The molecular formula is C30H21NO8. The fraction of sp³-hybridized carbons (Fsp3) is 0.100. The number of imide groups is 1. The number of ketones is 1. The molecule has 0 saturated heterocycles. The minimum atomic E-state index is -0.894. The maximum atomic E-state index is 12.6. The lowest BCUT2D eigenvalue weighted by Gasteiger charge is -2.14. The number of carbonyl (C=O) groups excluding carboxylic acids is 5. The van der Waals surface area contributed by atoms with Crippen molar-refractivity contribution in [3.05, 3.63) is 113 Å². The number of esters is 2. The van der Waals surface area contributed by atoms with Gasteiger partial charge in [-0.25, -0.2) is 14.5 Å². The molecule has 0 spiro atoms. The number of hydrogen-bond donors (Lipinski definition) is 1. The number of aryl methyl sites for hydroxylation is 1. The van der Waals surface area contributed by atoms with Gasteiger partial charge >= 0.3 is 11.9 Å². The average molecular weight is 523 g/mol. The predicted octanol–water partition coefficient (Wildman–Crippen LogP) is 3.45. The monoisotopic (exact) mass is 523 g/mol. The van der Waals surface area contributed by atoms with Gasteiger partial charge in [0, 0.05) is 12.2 Å². The van der Waals surface area contributed by atoms with Crippen molar-refractivity contribution < 1.29 is 38.6 Å². The molecule has 2 amide bonds. The number of anilines is 1. The van der Waals surface area contributed by atoms with E-state index < -0.39 is 35.8 Å². The van der Waals surface area contributed by atoms with Crippen molar-refractivity contribution in [2.24, 2.45) is 0 Å². The summed E-state index contributed by atoms with van der Waals surface area (Å²) in [5.74, 6) is -2.55. The molecule has 1 N–H and O–H groups in total. The van der Waals surface area contributed by atoms with Crippen molar-refractivity contribution in [2.45, 2.75) is 18.9 Å². The lowest BCUT2D eigenvalue weighted by Crippen LogP contribution is -2.29. The van der Waals surface area contributed by atoms with Crippen LogP contribution in [0.4, 0.5) is 5.69 Å². The highest BCUT2D eigenvalue weighted by Crippen LogP contribution is 2.29. The molecule has 3 aromatic rings. The molecule has 5 rings (SSSR count). The summed E-state index contributed by atoms with van der Waals surface area (Å²) in [6.45, 7) is 1.69. The van der Waals surface area contributed by atoms with E-state index in [1.54, 1.807) is 25.1 Å². The van der Waals surface area contributed by atoms with E-state index in [1.807, 2.05) is 0 Å². The Morgan fingerprint density at radius 2 is 1.36 bits per heavy atom. The van der Waals surface area contributed by atoms with Crippen LogP contribution in [0.2, 0.25) is 0 Å². The lowest BCUT2D eigenvalue weighted by molar-refractivity contribution is -0.120. The number of allylic oxidation sites excluding steroid dienone is 1. The van der Waals surface area contributed by atoms with Gasteiger partial charge in [-0.15, -0.1) is 0 Å². The summed E-state index contributed by atoms with van der Waals surface area (Å²) >= 11 is 0. The Kier molecular flexibility index (Phi) is 6.74. The molecule has 1 heterocycles. The number of carbonyl (C=O) groups is 5. The second-order valence-corrected chi connectivity index (χ2v) is 8.95. The third-order valence-electron chi connectivity index (χ3n) is 6.34. The van der Waals surface area contributed by atoms with E-state index in [0.29, 0.717) is 16.8 Å². The van der Waals surface area contributed by atoms with Crippen LogP contribution in [0.15, 0.2) is 91.0 Å². The first kappa shape index (κ1) is 25.5. The Morgan fingerprint density at radius 1 is 0.769 bits per heavy atom. The summed E-state index contributed by atoms with van der Waals surface area (Å²) in [6.07, 6.45) is 4.24. The van der Waals surface area contributed by atoms with Gasteiger partial charge in [0.2, 0.25) is 0 Å². The van der Waals surface area contributed by atoms with Gasteiger partial charge < -0.3 is 14.6 Å². The molecule has 2 atom stereocenters. The summed E-state index contributed by atoms with van der Waals surface area (Å²) < 4.78 is 10.9. The lowest BCUT2D eigenvalue weighted by atomic mass is 9.93. The van der Waals surface area contributed by atoms with Crippen molar-refractivity contribution in [3.8, 4) is 11.5 Å². The van der Waals surface area contributed by atoms with Gasteiger partial charge in [-0.3, -0.25) is 14.4 Å². The van der Waals surface area contributed by atoms with Crippen LogP contribution in [-0.4, -0.2) is 40.7 Å². The largest absolute Gasteiger partial charge is 0.423 e. The molecule has 9 heteroatoms. The SMILES string of the molecule is Cc1cc(OC(=O)c2ccc(C3C(=O)C=CC3O)cc2)ccc1OC(=O)c1ccc(N2C(=O)C=CC2=O)cc1. The number of aliphatic hydroxyl groups excluding tert-OH is 1. The quantitative estimate of drug-likeness (QED) is 0.296. The highest BCUT2D eigenvalue weighted by molar-refractivity contribution is 6.28. The third kappa shape index (κ3) is 5.16. The van der Waals surface area contributed by atoms with Gasteiger partial charge in [-0.2, -0.15) is 0 Å². The van der Waals surface area contributed by atoms with Gasteiger partial charge in [0.1, 0.15) is 11.5 Å². The standard InChI is InChI=1S/C30H21NO8/c1-17-16-22(38-29(36)19-4-2-18(3-5-19)28-23(32)11-12-24(28)33)10-13-25(17)39-30(37)20-6-8-21(9-7-20)31-26(34)14-15-27(31)35/h2-16,23,28,32H,1H3. The number of amides is 2. The van der Waals surface area contributed by atoms with Gasteiger partial charge in [0.05, 0.1) is 28.8 Å². The van der Waals surface area contributed by atoms with E-state index in [1.165, 1.54) is 72.8 Å². The predicted molar refractivity (Wildman–Crippen MR) is 139 cm³/mol. The van der Waals surface area contributed by atoms with Crippen LogP contribution >= 0.6 is 0 Å². The fourth-order valence-electron chi connectivity index (χ4n) is 4.29. The van der Waals surface area contributed by atoms with Crippen molar-refractivity contribution in [3.63, 3.8) is 0 Å². The first-order chi connectivity index (χ1) is 18.7. The molecule has 0 fully saturated rings. The van der Waals surface area contributed by atoms with Crippen LogP contribution in [0, 0.1) is 6.92 Å². The molecule has 9 nitrogen and oxygen atoms in total. The van der Waals surface area contributed by atoms with Crippen LogP contribution in [-0.2, 0) is 14.4 Å². The molecule has 194 valence electrons. The Hall–Kier alpha value is -5.15. The molecular weight excluding hydrogens is 502 g/mol. The molecule has 2 unspecified atom stereocenters. The number of aliphatic hydroxyl groups is 1. The highest BCUT2D eigenvalue weighted by Gasteiger charge is 2.30. The summed E-state index contributed by atoms with van der Waals surface area (Å²) in [5.41, 5.74) is 1.95. The van der Waals surface area contributed by atoms with Crippen molar-refractivity contribution >= 4 is 35.2 Å². The highest BCUT2D eigenvalue weighted by atomic mass is 16.5. The maximum absolute atomic E-state index is 12.6. The summed E-state index contributed by atoms with van der Waals surface area (Å²) in [4.78, 5) is 61.8. The zero-order chi connectivity index (χ0) is 27.7. The Balaban J connectivity index is 1.21. The zero-order valence-electron chi connectivity index (χ0n) is 20.6. The smallest absolute Gasteiger partial charge is 0.343 e. The van der Waals surface area contributed by atoms with Gasteiger partial charge in [-0.1, -0.05) is 18.2 Å². The maximum Gasteiger partial charge on any atom is 0.343 e. The minimum Gasteiger partial charge on any atom is -0.423 e. The average Bonchev–Trinajstić information content (AvgIpc) is 3.44. The molecule has 0 radical (unpaired) electrons. The summed E-state index contributed by atoms with van der Waals surface area (Å²) in [5, 5.41) is 9.97. The van der Waals surface area contributed by atoms with Crippen molar-refractivity contribution in [1.29, 1.82) is 0 Å². The zero-order valence-corrected chi connectivity index (χ0v) is 20.6. The fourth-order valence-corrected chi connectivity index (χ4v) is 4.29. The van der Waals surface area contributed by atoms with Crippen LogP contribution in [0.3, 0.4) is 0 Å². The molecule has 2 aliphatic rings. The third-order valence-corrected chi connectivity index (χ3v) is 6.34. The first-order valence-electron chi connectivity index (χ1n) is 11.9. The molecule has 0 aromatic heterocycles. The van der Waals surface area contributed by atoms with Crippen molar-refractivity contribution in [1.82, 2.24) is 0 Å². The van der Waals surface area contributed by atoms with E-state index in [4.69, 9.17) is 9.47 Å². The Bertz CT molecular complexity index is 1550. The van der Waals surface area contributed by atoms with Gasteiger partial charge in [0.25, 0.3) is 11.8 Å².